The molecule has 1 fully saturated rings. The molecule has 0 amide bonds. The number of nitro groups is 1. The highest BCUT2D eigenvalue weighted by atomic mass is 16.6. The Morgan fingerprint density at radius 2 is 2.19 bits per heavy atom. The van der Waals surface area contributed by atoms with E-state index in [1.165, 1.54) is 6.07 Å². The van der Waals surface area contributed by atoms with Crippen LogP contribution in [0.1, 0.15) is 25.3 Å². The lowest BCUT2D eigenvalue weighted by Gasteiger charge is -2.21. The number of ether oxygens (including phenoxy) is 2. The van der Waals surface area contributed by atoms with Crippen molar-refractivity contribution in [3.05, 3.63) is 33.9 Å². The predicted molar refractivity (Wildman–Crippen MR) is 80.5 cm³/mol. The van der Waals surface area contributed by atoms with E-state index in [4.69, 9.17) is 9.47 Å². The van der Waals surface area contributed by atoms with Gasteiger partial charge in [-0.15, -0.1) is 0 Å². The number of anilines is 1. The average molecular weight is 294 g/mol. The maximum Gasteiger partial charge on any atom is 0.292 e. The molecule has 0 atom stereocenters. The Hall–Kier alpha value is -1.66. The largest absolute Gasteiger partial charge is 0.381 e. The van der Waals surface area contributed by atoms with Crippen LogP contribution in [0.15, 0.2) is 18.2 Å². The van der Waals surface area contributed by atoms with Crippen LogP contribution in [0.25, 0.3) is 0 Å². The summed E-state index contributed by atoms with van der Waals surface area (Å²) in [5.41, 5.74) is 1.60. The summed E-state index contributed by atoms with van der Waals surface area (Å²) in [6, 6.07) is 5.08. The molecule has 6 nitrogen and oxygen atoms in total. The van der Waals surface area contributed by atoms with Gasteiger partial charge in [0, 0.05) is 25.8 Å². The maximum absolute atomic E-state index is 11.0. The number of hydrogen-bond acceptors (Lipinski definition) is 5. The second kappa shape index (κ2) is 7.95. The van der Waals surface area contributed by atoms with E-state index in [0.29, 0.717) is 24.8 Å². The highest BCUT2D eigenvalue weighted by Crippen LogP contribution is 2.26. The third-order valence-electron chi connectivity index (χ3n) is 3.59. The maximum atomic E-state index is 11.0. The normalized spacial score (nSPS) is 15.9. The molecule has 1 N–H and O–H groups in total. The fraction of sp³-hybridized carbons (Fsp3) is 0.600. The van der Waals surface area contributed by atoms with E-state index >= 15 is 0 Å². The number of hydrogen-bond donors (Lipinski definition) is 1. The van der Waals surface area contributed by atoms with Crippen LogP contribution in [-0.2, 0) is 16.1 Å². The van der Waals surface area contributed by atoms with Crippen LogP contribution < -0.4 is 5.32 Å². The number of benzene rings is 1. The number of nitro benzene ring substituents is 1. The van der Waals surface area contributed by atoms with Gasteiger partial charge in [-0.25, -0.2) is 0 Å². The zero-order chi connectivity index (χ0) is 15.1. The standard InChI is InChI=1S/C15H22N2O4/c1-2-16-14-9-13(3-4-15(14)17(18)19)11-21-10-12-5-7-20-8-6-12/h3-4,9,12,16H,2,5-8,10-11H2,1H3. The van der Waals surface area contributed by atoms with Crippen LogP contribution in [0, 0.1) is 16.0 Å². The molecule has 21 heavy (non-hydrogen) atoms. The van der Waals surface area contributed by atoms with E-state index in [2.05, 4.69) is 5.32 Å². The fourth-order valence-corrected chi connectivity index (χ4v) is 2.42. The molecular weight excluding hydrogens is 272 g/mol. The van der Waals surface area contributed by atoms with Gasteiger partial charge in [0.1, 0.15) is 5.69 Å². The second-order valence-electron chi connectivity index (χ2n) is 5.21. The van der Waals surface area contributed by atoms with Gasteiger partial charge < -0.3 is 14.8 Å². The summed E-state index contributed by atoms with van der Waals surface area (Å²) in [6.45, 7) is 5.39. The van der Waals surface area contributed by atoms with Crippen molar-refractivity contribution in [2.45, 2.75) is 26.4 Å². The van der Waals surface area contributed by atoms with Crippen molar-refractivity contribution in [3.8, 4) is 0 Å². The molecule has 6 heteroatoms. The Kier molecular flexibility index (Phi) is 5.95. The van der Waals surface area contributed by atoms with Crippen molar-refractivity contribution >= 4 is 11.4 Å². The molecule has 2 rings (SSSR count). The van der Waals surface area contributed by atoms with Gasteiger partial charge in [-0.2, -0.15) is 0 Å². The summed E-state index contributed by atoms with van der Waals surface area (Å²) in [4.78, 5) is 10.6. The zero-order valence-electron chi connectivity index (χ0n) is 12.3. The van der Waals surface area contributed by atoms with Gasteiger partial charge in [0.15, 0.2) is 0 Å². The van der Waals surface area contributed by atoms with Gasteiger partial charge in [-0.1, -0.05) is 0 Å². The average Bonchev–Trinajstić information content (AvgIpc) is 2.49. The van der Waals surface area contributed by atoms with Crippen LogP contribution in [0.4, 0.5) is 11.4 Å². The van der Waals surface area contributed by atoms with E-state index in [-0.39, 0.29) is 10.6 Å². The molecule has 0 bridgehead atoms. The van der Waals surface area contributed by atoms with Crippen LogP contribution in [-0.4, -0.2) is 31.3 Å². The molecular formula is C15H22N2O4. The molecule has 0 radical (unpaired) electrons. The lowest BCUT2D eigenvalue weighted by Crippen LogP contribution is -2.20. The Morgan fingerprint density at radius 1 is 1.43 bits per heavy atom. The van der Waals surface area contributed by atoms with Gasteiger partial charge in [-0.05, 0) is 43.4 Å². The Balaban J connectivity index is 1.90. The third kappa shape index (κ3) is 4.68. The summed E-state index contributed by atoms with van der Waals surface area (Å²) in [5.74, 6) is 0.560. The van der Waals surface area contributed by atoms with Crippen LogP contribution in [0.2, 0.25) is 0 Å². The highest BCUT2D eigenvalue weighted by molar-refractivity contribution is 5.62. The van der Waals surface area contributed by atoms with E-state index < -0.39 is 0 Å². The molecule has 1 aliphatic heterocycles. The molecule has 0 unspecified atom stereocenters. The first-order valence-electron chi connectivity index (χ1n) is 7.37. The lowest BCUT2D eigenvalue weighted by molar-refractivity contribution is -0.384. The molecule has 0 spiro atoms. The fourth-order valence-electron chi connectivity index (χ4n) is 2.42. The summed E-state index contributed by atoms with van der Waals surface area (Å²) >= 11 is 0. The minimum atomic E-state index is -0.370. The Labute approximate surface area is 124 Å². The van der Waals surface area contributed by atoms with E-state index in [9.17, 15) is 10.1 Å². The number of nitrogens with one attached hydrogen (secondary N) is 1. The van der Waals surface area contributed by atoms with Crippen LogP contribution in [0.3, 0.4) is 0 Å². The molecule has 1 heterocycles. The van der Waals surface area contributed by atoms with Crippen molar-refractivity contribution < 1.29 is 14.4 Å². The van der Waals surface area contributed by atoms with Crippen molar-refractivity contribution in [2.75, 3.05) is 31.7 Å². The molecule has 1 aliphatic rings. The monoisotopic (exact) mass is 294 g/mol. The highest BCUT2D eigenvalue weighted by Gasteiger charge is 2.15. The summed E-state index contributed by atoms with van der Waals surface area (Å²) in [7, 11) is 0. The molecule has 1 saturated heterocycles. The van der Waals surface area contributed by atoms with Crippen LogP contribution in [0.5, 0.6) is 0 Å². The molecule has 1 aromatic carbocycles. The molecule has 1 aromatic rings. The summed E-state index contributed by atoms with van der Waals surface area (Å²) < 4.78 is 11.1. The van der Waals surface area contributed by atoms with Gasteiger partial charge >= 0.3 is 0 Å². The first-order chi connectivity index (χ1) is 10.2. The van der Waals surface area contributed by atoms with Crippen LogP contribution >= 0.6 is 0 Å². The van der Waals surface area contributed by atoms with Crippen molar-refractivity contribution in [1.29, 1.82) is 0 Å². The summed E-state index contributed by atoms with van der Waals surface area (Å²) in [6.07, 6.45) is 2.09. The number of nitrogens with zero attached hydrogens (tertiary/aromatic N) is 1. The van der Waals surface area contributed by atoms with Gasteiger partial charge in [0.25, 0.3) is 5.69 Å². The Bertz CT molecular complexity index is 473. The van der Waals surface area contributed by atoms with Gasteiger partial charge in [-0.3, -0.25) is 10.1 Å². The molecule has 0 saturated carbocycles. The second-order valence-corrected chi connectivity index (χ2v) is 5.21. The SMILES string of the molecule is CCNc1cc(COCC2CCOCC2)ccc1[N+](=O)[O-]. The first-order valence-corrected chi connectivity index (χ1v) is 7.37. The van der Waals surface area contributed by atoms with E-state index in [0.717, 1.165) is 38.2 Å². The molecule has 0 aromatic heterocycles. The molecule has 116 valence electrons. The number of rotatable bonds is 7. The zero-order valence-corrected chi connectivity index (χ0v) is 12.3. The van der Waals surface area contributed by atoms with Crippen molar-refractivity contribution in [1.82, 2.24) is 0 Å². The minimum Gasteiger partial charge on any atom is -0.381 e. The van der Waals surface area contributed by atoms with E-state index in [1.54, 1.807) is 12.1 Å². The van der Waals surface area contributed by atoms with E-state index in [1.807, 2.05) is 6.92 Å². The predicted octanol–water partition coefficient (Wildman–Crippen LogP) is 2.97. The summed E-state index contributed by atoms with van der Waals surface area (Å²) in [5, 5.41) is 14.0. The first kappa shape index (κ1) is 15.7. The quantitative estimate of drug-likeness (QED) is 0.618. The Morgan fingerprint density at radius 3 is 2.86 bits per heavy atom. The van der Waals surface area contributed by atoms with Gasteiger partial charge in [0.2, 0.25) is 0 Å². The topological polar surface area (TPSA) is 73.6 Å². The van der Waals surface area contributed by atoms with Gasteiger partial charge in [0.05, 0.1) is 18.1 Å². The van der Waals surface area contributed by atoms with Crippen molar-refractivity contribution in [2.24, 2.45) is 5.92 Å². The smallest absolute Gasteiger partial charge is 0.292 e. The third-order valence-corrected chi connectivity index (χ3v) is 3.59. The van der Waals surface area contributed by atoms with Crippen molar-refractivity contribution in [3.63, 3.8) is 0 Å². The minimum absolute atomic E-state index is 0.102. The lowest BCUT2D eigenvalue weighted by atomic mass is 10.0. The molecule has 0 aliphatic carbocycles.